The van der Waals surface area contributed by atoms with E-state index in [2.05, 4.69) is 44.3 Å². The number of hydrogen-bond acceptors (Lipinski definition) is 7. The SMILES string of the molecule is C=CC(=O)N1CCC(CN2CCc3cc(-n4c(-c5cccnc5N)nc5ccc(-n6cccn6)nc54)ccc32)CC1. The lowest BCUT2D eigenvalue weighted by Crippen LogP contribution is -2.40. The Morgan fingerprint density at radius 1 is 1.05 bits per heavy atom. The first-order valence-corrected chi connectivity index (χ1v) is 14.0. The molecule has 0 spiro atoms. The smallest absolute Gasteiger partial charge is 0.245 e. The molecule has 2 aliphatic heterocycles. The van der Waals surface area contributed by atoms with E-state index in [4.69, 9.17) is 15.7 Å². The van der Waals surface area contributed by atoms with Gasteiger partial charge in [0.05, 0.1) is 5.56 Å². The maximum atomic E-state index is 12.0. The van der Waals surface area contributed by atoms with E-state index < -0.39 is 0 Å². The number of nitrogens with zero attached hydrogens (tertiary/aromatic N) is 8. The van der Waals surface area contributed by atoms with Gasteiger partial charge in [-0.15, -0.1) is 0 Å². The number of piperidine rings is 1. The summed E-state index contributed by atoms with van der Waals surface area (Å²) in [5.74, 6) is 2.43. The van der Waals surface area contributed by atoms with Gasteiger partial charge in [0.1, 0.15) is 11.3 Å². The van der Waals surface area contributed by atoms with Crippen LogP contribution in [0.2, 0.25) is 0 Å². The van der Waals surface area contributed by atoms with Crippen molar-refractivity contribution in [2.24, 2.45) is 5.92 Å². The first-order chi connectivity index (χ1) is 20.1. The van der Waals surface area contributed by atoms with Gasteiger partial charge in [0.15, 0.2) is 17.3 Å². The van der Waals surface area contributed by atoms with Crippen LogP contribution in [0.5, 0.6) is 0 Å². The van der Waals surface area contributed by atoms with Crippen molar-refractivity contribution in [3.05, 3.63) is 85.3 Å². The molecule has 1 fully saturated rings. The molecule has 0 radical (unpaired) electrons. The molecule has 0 bridgehead atoms. The molecule has 1 amide bonds. The van der Waals surface area contributed by atoms with Gasteiger partial charge >= 0.3 is 0 Å². The van der Waals surface area contributed by atoms with Crippen LogP contribution < -0.4 is 10.6 Å². The molecule has 0 unspecified atom stereocenters. The number of rotatable bonds is 6. The van der Waals surface area contributed by atoms with Gasteiger partial charge in [0.2, 0.25) is 5.91 Å². The van der Waals surface area contributed by atoms with E-state index in [1.165, 1.54) is 17.3 Å². The normalized spacial score (nSPS) is 15.4. The topological polar surface area (TPSA) is 111 Å². The second kappa shape index (κ2) is 10.2. The molecule has 1 saturated heterocycles. The van der Waals surface area contributed by atoms with Crippen LogP contribution >= 0.6 is 0 Å². The van der Waals surface area contributed by atoms with Crippen molar-refractivity contribution < 1.29 is 4.79 Å². The third-order valence-corrected chi connectivity index (χ3v) is 8.20. The summed E-state index contributed by atoms with van der Waals surface area (Å²) in [5.41, 5.74) is 12.1. The van der Waals surface area contributed by atoms with Crippen molar-refractivity contribution in [1.29, 1.82) is 0 Å². The minimum Gasteiger partial charge on any atom is -0.383 e. The third kappa shape index (κ3) is 4.51. The highest BCUT2D eigenvalue weighted by Gasteiger charge is 2.27. The predicted octanol–water partition coefficient (Wildman–Crippen LogP) is 4.04. The van der Waals surface area contributed by atoms with Gasteiger partial charge in [-0.3, -0.25) is 9.36 Å². The van der Waals surface area contributed by atoms with Crippen LogP contribution in [0.25, 0.3) is 34.1 Å². The average Bonchev–Trinajstić information content (AvgIpc) is 3.76. The van der Waals surface area contributed by atoms with E-state index in [9.17, 15) is 4.79 Å². The van der Waals surface area contributed by atoms with Crippen LogP contribution in [-0.2, 0) is 11.2 Å². The number of carbonyl (C=O) groups is 1. The number of pyridine rings is 2. The highest BCUT2D eigenvalue weighted by Crippen LogP contribution is 2.35. The van der Waals surface area contributed by atoms with Gasteiger partial charge in [-0.2, -0.15) is 5.10 Å². The molecule has 6 heterocycles. The largest absolute Gasteiger partial charge is 0.383 e. The summed E-state index contributed by atoms with van der Waals surface area (Å²) in [7, 11) is 0. The zero-order valence-electron chi connectivity index (χ0n) is 22.7. The van der Waals surface area contributed by atoms with Gasteiger partial charge in [-0.25, -0.2) is 19.6 Å². The molecule has 2 N–H and O–H groups in total. The van der Waals surface area contributed by atoms with Gasteiger partial charge in [0.25, 0.3) is 0 Å². The summed E-state index contributed by atoms with van der Waals surface area (Å²) in [5, 5.41) is 4.36. The number of benzene rings is 1. The zero-order chi connectivity index (χ0) is 27.9. The van der Waals surface area contributed by atoms with Crippen LogP contribution in [0.3, 0.4) is 0 Å². The monoisotopic (exact) mass is 545 g/mol. The van der Waals surface area contributed by atoms with E-state index in [1.54, 1.807) is 17.1 Å². The molecule has 4 aromatic heterocycles. The summed E-state index contributed by atoms with van der Waals surface area (Å²) >= 11 is 0. The molecule has 2 aliphatic rings. The lowest BCUT2D eigenvalue weighted by Gasteiger charge is -2.34. The summed E-state index contributed by atoms with van der Waals surface area (Å²) in [6.07, 6.45) is 9.72. The molecule has 41 heavy (non-hydrogen) atoms. The maximum absolute atomic E-state index is 12.0. The second-order valence-corrected chi connectivity index (χ2v) is 10.7. The number of amides is 1. The highest BCUT2D eigenvalue weighted by molar-refractivity contribution is 5.87. The summed E-state index contributed by atoms with van der Waals surface area (Å²) in [4.78, 5) is 30.6. The fraction of sp³-hybridized carbons (Fsp3) is 0.258. The number of imidazole rings is 1. The number of nitrogen functional groups attached to an aromatic ring is 1. The molecule has 7 rings (SSSR count). The van der Waals surface area contributed by atoms with Crippen molar-refractivity contribution >= 4 is 28.6 Å². The lowest BCUT2D eigenvalue weighted by molar-refractivity contribution is -0.127. The van der Waals surface area contributed by atoms with E-state index >= 15 is 0 Å². The van der Waals surface area contributed by atoms with Crippen LogP contribution in [0.1, 0.15) is 18.4 Å². The summed E-state index contributed by atoms with van der Waals surface area (Å²) in [6.45, 7) is 7.22. The zero-order valence-corrected chi connectivity index (χ0v) is 22.7. The molecule has 0 saturated carbocycles. The second-order valence-electron chi connectivity index (χ2n) is 10.7. The molecule has 1 aromatic carbocycles. The number of nitrogens with two attached hydrogens (primary N) is 1. The average molecular weight is 546 g/mol. The molecular weight excluding hydrogens is 514 g/mol. The van der Waals surface area contributed by atoms with E-state index in [0.717, 1.165) is 67.9 Å². The van der Waals surface area contributed by atoms with Gasteiger partial charge in [-0.1, -0.05) is 6.58 Å². The van der Waals surface area contributed by atoms with E-state index in [0.29, 0.717) is 23.4 Å². The number of aromatic nitrogens is 6. The first kappa shape index (κ1) is 25.0. The predicted molar refractivity (Wildman–Crippen MR) is 159 cm³/mol. The van der Waals surface area contributed by atoms with Crippen molar-refractivity contribution in [3.63, 3.8) is 0 Å². The van der Waals surface area contributed by atoms with Crippen LogP contribution in [0.15, 0.2) is 79.8 Å². The maximum Gasteiger partial charge on any atom is 0.245 e. The molecule has 0 aliphatic carbocycles. The Morgan fingerprint density at radius 2 is 1.93 bits per heavy atom. The molecule has 206 valence electrons. The van der Waals surface area contributed by atoms with E-state index in [1.807, 2.05) is 41.4 Å². The summed E-state index contributed by atoms with van der Waals surface area (Å²) in [6, 6.07) is 16.2. The van der Waals surface area contributed by atoms with Crippen molar-refractivity contribution in [3.8, 4) is 22.9 Å². The van der Waals surface area contributed by atoms with Crippen LogP contribution in [0.4, 0.5) is 11.5 Å². The Morgan fingerprint density at radius 3 is 2.71 bits per heavy atom. The number of hydrogen-bond donors (Lipinski definition) is 1. The fourth-order valence-corrected chi connectivity index (χ4v) is 6.07. The quantitative estimate of drug-likeness (QED) is 0.321. The number of likely N-dealkylation sites (tertiary alicyclic amines) is 1. The molecular formula is C31H31N9O. The molecule has 5 aromatic rings. The van der Waals surface area contributed by atoms with Crippen LogP contribution in [-0.4, -0.2) is 66.3 Å². The first-order valence-electron chi connectivity index (χ1n) is 14.0. The molecule has 10 heteroatoms. The highest BCUT2D eigenvalue weighted by atomic mass is 16.2. The van der Waals surface area contributed by atoms with E-state index in [-0.39, 0.29) is 5.91 Å². The minimum absolute atomic E-state index is 0.0353. The Hall–Kier alpha value is -4.99. The fourth-order valence-electron chi connectivity index (χ4n) is 6.07. The molecule has 10 nitrogen and oxygen atoms in total. The Labute approximate surface area is 237 Å². The number of anilines is 2. The van der Waals surface area contributed by atoms with Gasteiger partial charge in [-0.05, 0) is 85.4 Å². The third-order valence-electron chi connectivity index (χ3n) is 8.20. The van der Waals surface area contributed by atoms with Crippen LogP contribution in [0, 0.1) is 5.92 Å². The molecule has 0 atom stereocenters. The Balaban J connectivity index is 1.24. The van der Waals surface area contributed by atoms with Crippen molar-refractivity contribution in [2.45, 2.75) is 19.3 Å². The lowest BCUT2D eigenvalue weighted by atomic mass is 9.96. The number of fused-ring (bicyclic) bond motifs is 2. The summed E-state index contributed by atoms with van der Waals surface area (Å²) < 4.78 is 3.82. The van der Waals surface area contributed by atoms with Crippen molar-refractivity contribution in [1.82, 2.24) is 34.2 Å². The van der Waals surface area contributed by atoms with Gasteiger partial charge < -0.3 is 15.5 Å². The standard InChI is InChI=1S/C31H31N9O/c1-2-28(41)37-16-10-21(11-17-37)20-38-18-12-22-19-23(6-8-26(22)38)40-30(24-5-3-13-33-29(24)32)35-25-7-9-27(36-31(25)40)39-15-4-14-34-39/h2-9,13-15,19,21H,1,10-12,16-18,20H2,(H2,32,33). The van der Waals surface area contributed by atoms with Crippen molar-refractivity contribution in [2.75, 3.05) is 36.8 Å². The Bertz CT molecular complexity index is 1750. The van der Waals surface area contributed by atoms with Gasteiger partial charge in [0, 0.05) is 56.1 Å². The number of carbonyl (C=O) groups excluding carboxylic acids is 1. The minimum atomic E-state index is 0.0353. The Kier molecular flexibility index (Phi) is 6.22.